The normalized spacial score (nSPS) is 11.8. The molecule has 0 saturated carbocycles. The number of halogens is 1. The van der Waals surface area contributed by atoms with Crippen LogP contribution >= 0.6 is 11.6 Å². The summed E-state index contributed by atoms with van der Waals surface area (Å²) >= 11 is 6.19. The minimum Gasteiger partial charge on any atom is -0.297 e. The number of hydrogen-bond acceptors (Lipinski definition) is 2. The van der Waals surface area contributed by atoms with Gasteiger partial charge >= 0.3 is 0 Å². The van der Waals surface area contributed by atoms with E-state index in [-0.39, 0.29) is 5.41 Å². The number of rotatable bonds is 3. The Kier molecular flexibility index (Phi) is 3.95. The molecule has 0 bridgehead atoms. The molecule has 0 radical (unpaired) electrons. The molecule has 19 heavy (non-hydrogen) atoms. The van der Waals surface area contributed by atoms with Crippen molar-refractivity contribution in [2.45, 2.75) is 46.1 Å². The van der Waals surface area contributed by atoms with Gasteiger partial charge in [0.05, 0.1) is 6.54 Å². The van der Waals surface area contributed by atoms with Crippen LogP contribution < -0.4 is 0 Å². The lowest BCUT2D eigenvalue weighted by atomic mass is 9.95. The number of aryl methyl sites for hydroxylation is 1. The largest absolute Gasteiger partial charge is 0.297 e. The third-order valence-electron chi connectivity index (χ3n) is 3.20. The maximum Gasteiger partial charge on any atom is 0.225 e. The van der Waals surface area contributed by atoms with Gasteiger partial charge in [0.2, 0.25) is 5.28 Å². The van der Waals surface area contributed by atoms with Crippen molar-refractivity contribution < 1.29 is 0 Å². The zero-order chi connectivity index (χ0) is 14.0. The zero-order valence-corrected chi connectivity index (χ0v) is 12.7. The summed E-state index contributed by atoms with van der Waals surface area (Å²) in [5, 5.41) is 8.69. The molecule has 4 heteroatoms. The monoisotopic (exact) mass is 277 g/mol. The molecule has 0 aliphatic heterocycles. The Labute approximate surface area is 119 Å². The minimum atomic E-state index is -0.0682. The third-order valence-corrected chi connectivity index (χ3v) is 3.48. The first-order chi connectivity index (χ1) is 8.93. The second kappa shape index (κ2) is 5.33. The molecule has 102 valence electrons. The molecule has 0 fully saturated rings. The van der Waals surface area contributed by atoms with Crippen LogP contribution in [0.25, 0.3) is 0 Å². The van der Waals surface area contributed by atoms with Crippen LogP contribution in [0.15, 0.2) is 24.3 Å². The van der Waals surface area contributed by atoms with Gasteiger partial charge in [-0.15, -0.1) is 10.2 Å². The smallest absolute Gasteiger partial charge is 0.225 e. The van der Waals surface area contributed by atoms with E-state index in [0.717, 1.165) is 18.8 Å². The lowest BCUT2D eigenvalue weighted by molar-refractivity contribution is 0.509. The molecule has 1 heterocycles. The highest BCUT2D eigenvalue weighted by Crippen LogP contribution is 2.24. The van der Waals surface area contributed by atoms with Gasteiger partial charge in [0.25, 0.3) is 0 Å². The van der Waals surface area contributed by atoms with E-state index in [1.165, 1.54) is 11.1 Å². The number of benzene rings is 1. The summed E-state index contributed by atoms with van der Waals surface area (Å²) in [7, 11) is 0. The van der Waals surface area contributed by atoms with Gasteiger partial charge in [0, 0.05) is 5.41 Å². The summed E-state index contributed by atoms with van der Waals surface area (Å²) in [4.78, 5) is 0. The van der Waals surface area contributed by atoms with Crippen LogP contribution in [-0.2, 0) is 18.4 Å². The minimum absolute atomic E-state index is 0.0682. The first kappa shape index (κ1) is 14.1. The molecule has 0 spiro atoms. The fraction of sp³-hybridized carbons (Fsp3) is 0.467. The van der Waals surface area contributed by atoms with E-state index in [1.807, 2.05) is 4.57 Å². The molecular weight excluding hydrogens is 258 g/mol. The number of hydrogen-bond donors (Lipinski definition) is 0. The van der Waals surface area contributed by atoms with E-state index in [4.69, 9.17) is 11.6 Å². The van der Waals surface area contributed by atoms with Crippen LogP contribution in [0.1, 0.15) is 44.6 Å². The SMILES string of the molecule is CCc1ccccc1Cn1c(Cl)nnc1C(C)(C)C. The Balaban J connectivity index is 2.41. The zero-order valence-electron chi connectivity index (χ0n) is 11.9. The van der Waals surface area contributed by atoms with E-state index in [9.17, 15) is 0 Å². The molecule has 2 aromatic rings. The highest BCUT2D eigenvalue weighted by atomic mass is 35.5. The fourth-order valence-corrected chi connectivity index (χ4v) is 2.38. The maximum atomic E-state index is 6.19. The first-order valence-electron chi connectivity index (χ1n) is 6.59. The summed E-state index contributed by atoms with van der Waals surface area (Å²) in [6.45, 7) is 9.25. The first-order valence-corrected chi connectivity index (χ1v) is 6.97. The molecule has 1 aromatic carbocycles. The lowest BCUT2D eigenvalue weighted by Gasteiger charge is -2.19. The predicted octanol–water partition coefficient (Wildman–Crippen LogP) is 3.84. The summed E-state index contributed by atoms with van der Waals surface area (Å²) in [6, 6.07) is 8.43. The van der Waals surface area contributed by atoms with Gasteiger partial charge in [0.15, 0.2) is 0 Å². The molecule has 0 aliphatic carbocycles. The van der Waals surface area contributed by atoms with Crippen LogP contribution in [0.3, 0.4) is 0 Å². The molecule has 0 aliphatic rings. The van der Waals surface area contributed by atoms with Crippen LogP contribution in [0.5, 0.6) is 0 Å². The molecule has 0 atom stereocenters. The van der Waals surface area contributed by atoms with Gasteiger partial charge in [-0.1, -0.05) is 52.0 Å². The van der Waals surface area contributed by atoms with Crippen LogP contribution in [-0.4, -0.2) is 14.8 Å². The maximum absolute atomic E-state index is 6.19. The molecule has 0 saturated heterocycles. The Morgan fingerprint density at radius 1 is 1.11 bits per heavy atom. The molecular formula is C15H20ClN3. The molecule has 1 aromatic heterocycles. The van der Waals surface area contributed by atoms with Gasteiger partial charge in [-0.25, -0.2) is 0 Å². The van der Waals surface area contributed by atoms with Crippen molar-refractivity contribution in [2.24, 2.45) is 0 Å². The Hall–Kier alpha value is -1.35. The molecule has 2 rings (SSSR count). The Bertz CT molecular complexity index is 567. The van der Waals surface area contributed by atoms with E-state index in [1.54, 1.807) is 0 Å². The van der Waals surface area contributed by atoms with E-state index in [2.05, 4.69) is 62.2 Å². The summed E-state index contributed by atoms with van der Waals surface area (Å²) < 4.78 is 2.00. The second-order valence-electron chi connectivity index (χ2n) is 5.75. The van der Waals surface area contributed by atoms with Gasteiger partial charge in [-0.05, 0) is 29.1 Å². The van der Waals surface area contributed by atoms with Crippen molar-refractivity contribution in [3.8, 4) is 0 Å². The topological polar surface area (TPSA) is 30.7 Å². The van der Waals surface area contributed by atoms with E-state index in [0.29, 0.717) is 5.28 Å². The highest BCUT2D eigenvalue weighted by molar-refractivity contribution is 6.28. The van der Waals surface area contributed by atoms with Gasteiger partial charge < -0.3 is 0 Å². The number of aromatic nitrogens is 3. The van der Waals surface area contributed by atoms with Crippen LogP contribution in [0.2, 0.25) is 5.28 Å². The van der Waals surface area contributed by atoms with Crippen molar-refractivity contribution >= 4 is 11.6 Å². The standard InChI is InChI=1S/C15H20ClN3/c1-5-11-8-6-7-9-12(11)10-19-13(15(2,3)4)17-18-14(19)16/h6-9H,5,10H2,1-4H3. The predicted molar refractivity (Wildman–Crippen MR) is 78.7 cm³/mol. The lowest BCUT2D eigenvalue weighted by Crippen LogP contribution is -2.20. The van der Waals surface area contributed by atoms with Crippen molar-refractivity contribution in [3.63, 3.8) is 0 Å². The van der Waals surface area contributed by atoms with Gasteiger partial charge in [0.1, 0.15) is 5.82 Å². The summed E-state index contributed by atoms with van der Waals surface area (Å²) in [6.07, 6.45) is 1.01. The van der Waals surface area contributed by atoms with E-state index < -0.39 is 0 Å². The third kappa shape index (κ3) is 2.98. The van der Waals surface area contributed by atoms with Crippen LogP contribution in [0.4, 0.5) is 0 Å². The molecule has 0 unspecified atom stereocenters. The van der Waals surface area contributed by atoms with Crippen molar-refractivity contribution in [1.29, 1.82) is 0 Å². The van der Waals surface area contributed by atoms with E-state index >= 15 is 0 Å². The summed E-state index contributed by atoms with van der Waals surface area (Å²) in [5.74, 6) is 0.920. The van der Waals surface area contributed by atoms with Crippen LogP contribution in [0, 0.1) is 0 Å². The van der Waals surface area contributed by atoms with Crippen molar-refractivity contribution in [3.05, 3.63) is 46.5 Å². The average Bonchev–Trinajstić information content (AvgIpc) is 2.71. The number of nitrogens with zero attached hydrogens (tertiary/aromatic N) is 3. The fourth-order valence-electron chi connectivity index (χ4n) is 2.21. The van der Waals surface area contributed by atoms with Crippen molar-refractivity contribution in [1.82, 2.24) is 14.8 Å². The molecule has 3 nitrogen and oxygen atoms in total. The van der Waals surface area contributed by atoms with Crippen molar-refractivity contribution in [2.75, 3.05) is 0 Å². The van der Waals surface area contributed by atoms with Gasteiger partial charge in [-0.2, -0.15) is 0 Å². The van der Waals surface area contributed by atoms with Gasteiger partial charge in [-0.3, -0.25) is 4.57 Å². The summed E-state index contributed by atoms with van der Waals surface area (Å²) in [5.41, 5.74) is 2.55. The quantitative estimate of drug-likeness (QED) is 0.853. The second-order valence-corrected chi connectivity index (χ2v) is 6.09. The Morgan fingerprint density at radius 3 is 2.32 bits per heavy atom. The highest BCUT2D eigenvalue weighted by Gasteiger charge is 2.23. The molecule has 0 N–H and O–H groups in total. The molecule has 0 amide bonds. The average molecular weight is 278 g/mol. The Morgan fingerprint density at radius 2 is 1.74 bits per heavy atom.